The lowest BCUT2D eigenvalue weighted by molar-refractivity contribution is -0.136. The number of nitriles is 1. The van der Waals surface area contributed by atoms with Gasteiger partial charge in [0, 0.05) is 32.6 Å². The second-order valence-electron chi connectivity index (χ2n) is 10.5. The number of hydrogen-bond donors (Lipinski definition) is 4. The summed E-state index contributed by atoms with van der Waals surface area (Å²) in [5, 5.41) is 27.8. The molecule has 1 aliphatic rings. The highest BCUT2D eigenvalue weighted by Gasteiger charge is 2.32. The van der Waals surface area contributed by atoms with Crippen molar-refractivity contribution in [2.75, 3.05) is 31.9 Å². The van der Waals surface area contributed by atoms with Crippen molar-refractivity contribution in [1.29, 1.82) is 5.26 Å². The summed E-state index contributed by atoms with van der Waals surface area (Å²) in [4.78, 5) is 46.7. The summed E-state index contributed by atoms with van der Waals surface area (Å²) >= 11 is 1.34. The maximum atomic E-state index is 14.1. The molecule has 5 rings (SSSR count). The van der Waals surface area contributed by atoms with Crippen molar-refractivity contribution in [3.8, 4) is 11.8 Å². The number of hydrazine groups is 1. The van der Waals surface area contributed by atoms with Gasteiger partial charge in [0.25, 0.3) is 0 Å². The average Bonchev–Trinajstić information content (AvgIpc) is 3.43. The molecule has 1 fully saturated rings. The number of thiazole rings is 1. The minimum atomic E-state index is -0.946. The van der Waals surface area contributed by atoms with Crippen LogP contribution in [0.3, 0.4) is 0 Å². The Balaban J connectivity index is 1.41. The van der Waals surface area contributed by atoms with Gasteiger partial charge in [-0.25, -0.2) is 24.2 Å². The fourth-order valence-corrected chi connectivity index (χ4v) is 5.86. The summed E-state index contributed by atoms with van der Waals surface area (Å²) < 4.78 is 14.2. The van der Waals surface area contributed by atoms with Crippen molar-refractivity contribution in [2.45, 2.75) is 25.6 Å². The van der Waals surface area contributed by atoms with E-state index >= 15 is 0 Å². The third-order valence-corrected chi connectivity index (χ3v) is 8.16. The molecular weight excluding hydrogens is 599 g/mol. The molecule has 14 heteroatoms. The van der Waals surface area contributed by atoms with Crippen LogP contribution in [-0.4, -0.2) is 75.1 Å². The topological polar surface area (TPSA) is 168 Å². The number of carbonyl (C=O) groups is 3. The van der Waals surface area contributed by atoms with E-state index in [9.17, 15) is 29.1 Å². The van der Waals surface area contributed by atoms with Crippen molar-refractivity contribution in [3.63, 3.8) is 0 Å². The van der Waals surface area contributed by atoms with Crippen LogP contribution >= 0.6 is 11.3 Å². The molecule has 12 nitrogen and oxygen atoms in total. The summed E-state index contributed by atoms with van der Waals surface area (Å²) in [6.07, 6.45) is 0.162. The van der Waals surface area contributed by atoms with E-state index in [-0.39, 0.29) is 57.3 Å². The first-order valence-electron chi connectivity index (χ1n) is 14.1. The van der Waals surface area contributed by atoms with Gasteiger partial charge in [-0.1, -0.05) is 47.7 Å². The molecule has 0 saturated carbocycles. The van der Waals surface area contributed by atoms with Crippen LogP contribution in [0, 0.1) is 17.1 Å². The average molecular weight is 631 g/mol. The molecule has 0 spiro atoms. The molecule has 1 saturated heterocycles. The molecule has 0 bridgehead atoms. The molecule has 0 aliphatic carbocycles. The highest BCUT2D eigenvalue weighted by Crippen LogP contribution is 2.27. The number of benzene rings is 3. The highest BCUT2D eigenvalue weighted by atomic mass is 32.1. The van der Waals surface area contributed by atoms with Gasteiger partial charge in [0.2, 0.25) is 11.8 Å². The fourth-order valence-electron chi connectivity index (χ4n) is 5.08. The lowest BCUT2D eigenvalue weighted by Gasteiger charge is -2.33. The van der Waals surface area contributed by atoms with E-state index in [2.05, 4.69) is 15.6 Å². The number of hydrogen-bond acceptors (Lipinski definition) is 9. The number of aromatic hydroxyl groups is 1. The molecule has 2 heterocycles. The fraction of sp³-hybridized carbons (Fsp3) is 0.258. The van der Waals surface area contributed by atoms with E-state index in [1.807, 2.05) is 24.3 Å². The first-order chi connectivity index (χ1) is 21.7. The third-order valence-electron chi connectivity index (χ3n) is 7.31. The molecule has 5 N–H and O–H groups in total. The Morgan fingerprint density at radius 3 is 2.60 bits per heavy atom. The number of urea groups is 1. The highest BCUT2D eigenvalue weighted by molar-refractivity contribution is 7.22. The number of fused-ring (bicyclic) bond motifs is 1. The maximum absolute atomic E-state index is 14.1. The van der Waals surface area contributed by atoms with Crippen molar-refractivity contribution < 1.29 is 23.9 Å². The van der Waals surface area contributed by atoms with Crippen LogP contribution in [0.15, 0.2) is 66.7 Å². The molecule has 0 radical (unpaired) electrons. The van der Waals surface area contributed by atoms with E-state index in [4.69, 9.17) is 5.73 Å². The quantitative estimate of drug-likeness (QED) is 0.216. The van der Waals surface area contributed by atoms with E-state index in [1.54, 1.807) is 17.0 Å². The number of phenolic OH excluding ortho intramolecular Hbond substituents is 1. The molecule has 232 valence electrons. The number of halogens is 1. The number of rotatable bonds is 8. The zero-order chi connectivity index (χ0) is 31.9. The Morgan fingerprint density at radius 1 is 1.13 bits per heavy atom. The number of nitrogens with one attached hydrogen (secondary N) is 2. The van der Waals surface area contributed by atoms with Gasteiger partial charge in [-0.05, 0) is 47.0 Å². The normalized spacial score (nSPS) is 15.9. The van der Waals surface area contributed by atoms with Gasteiger partial charge in [0.1, 0.15) is 24.2 Å². The van der Waals surface area contributed by atoms with Gasteiger partial charge in [0.15, 0.2) is 5.13 Å². The Bertz CT molecular complexity index is 1720. The van der Waals surface area contributed by atoms with Crippen LogP contribution in [0.4, 0.5) is 14.3 Å². The minimum absolute atomic E-state index is 0.0614. The number of anilines is 1. The molecule has 4 amide bonds. The summed E-state index contributed by atoms with van der Waals surface area (Å²) in [6, 6.07) is 18.0. The molecule has 3 aromatic carbocycles. The molecule has 0 unspecified atom stereocenters. The van der Waals surface area contributed by atoms with Crippen molar-refractivity contribution >= 4 is 44.5 Å². The van der Waals surface area contributed by atoms with E-state index in [0.29, 0.717) is 16.2 Å². The number of carbonyl (C=O) groups excluding carboxylic acids is 3. The number of nitrogens with two attached hydrogens (primary N) is 1. The van der Waals surface area contributed by atoms with E-state index < -0.39 is 23.8 Å². The molecule has 1 aliphatic heterocycles. The van der Waals surface area contributed by atoms with Gasteiger partial charge in [-0.15, -0.1) is 0 Å². The second kappa shape index (κ2) is 14.0. The first kappa shape index (κ1) is 31.2. The van der Waals surface area contributed by atoms with Gasteiger partial charge in [0.05, 0.1) is 22.8 Å². The number of phenols is 1. The maximum Gasteiger partial charge on any atom is 0.333 e. The zero-order valence-corrected chi connectivity index (χ0v) is 25.0. The van der Waals surface area contributed by atoms with Crippen LogP contribution in [0.5, 0.6) is 5.75 Å². The van der Waals surface area contributed by atoms with Crippen LogP contribution in [0.1, 0.15) is 16.7 Å². The van der Waals surface area contributed by atoms with E-state index in [1.165, 1.54) is 52.7 Å². The lowest BCUT2D eigenvalue weighted by atomic mass is 10.0. The van der Waals surface area contributed by atoms with Crippen molar-refractivity contribution in [2.24, 2.45) is 0 Å². The molecule has 4 aromatic rings. The first-order valence-corrected chi connectivity index (χ1v) is 14.9. The minimum Gasteiger partial charge on any atom is -0.508 e. The van der Waals surface area contributed by atoms with Crippen molar-refractivity contribution in [3.05, 3.63) is 89.2 Å². The SMILES string of the molecule is N#CCN(C(=O)NCc1ccc(F)cc1)N1CCN(Cc2cccc3sc(N)nc23)C(=O)[C@H](Cc2ccc(O)cc2)NC(=O)C1. The summed E-state index contributed by atoms with van der Waals surface area (Å²) in [6.45, 7) is -0.248. The largest absolute Gasteiger partial charge is 0.508 e. The molecule has 1 aromatic heterocycles. The van der Waals surface area contributed by atoms with Crippen LogP contribution in [0.25, 0.3) is 10.2 Å². The van der Waals surface area contributed by atoms with Gasteiger partial charge < -0.3 is 26.4 Å². The number of nitrogens with zero attached hydrogens (tertiary/aromatic N) is 5. The third kappa shape index (κ3) is 7.83. The van der Waals surface area contributed by atoms with Crippen LogP contribution in [-0.2, 0) is 29.1 Å². The van der Waals surface area contributed by atoms with Gasteiger partial charge in [-0.3, -0.25) is 9.59 Å². The van der Waals surface area contributed by atoms with Crippen LogP contribution in [0.2, 0.25) is 0 Å². The Labute approximate surface area is 262 Å². The summed E-state index contributed by atoms with van der Waals surface area (Å²) in [5.41, 5.74) is 8.78. The summed E-state index contributed by atoms with van der Waals surface area (Å²) in [5.74, 6) is -1.19. The van der Waals surface area contributed by atoms with Gasteiger partial charge in [-0.2, -0.15) is 5.26 Å². The number of amides is 4. The van der Waals surface area contributed by atoms with E-state index in [0.717, 1.165) is 20.8 Å². The number of nitrogen functional groups attached to an aromatic ring is 1. The number of aromatic nitrogens is 1. The monoisotopic (exact) mass is 630 g/mol. The number of para-hydroxylation sites is 1. The standard InChI is InChI=1S/C31H31FN8O4S/c32-23-8-4-21(5-9-23)17-35-31(44)40(13-12-33)39-15-14-38(18-22-2-1-3-26-28(22)37-30(34)45-26)29(43)25(36-27(42)19-39)16-20-6-10-24(41)11-7-20/h1-11,25,41H,13-19H2,(H2,34,37)(H,35,44)(H,36,42)/t25-/m0/s1. The molecule has 45 heavy (non-hydrogen) atoms. The Morgan fingerprint density at radius 2 is 1.87 bits per heavy atom. The van der Waals surface area contributed by atoms with Gasteiger partial charge >= 0.3 is 6.03 Å². The Hall–Kier alpha value is -5.26. The second-order valence-corrected chi connectivity index (χ2v) is 11.5. The Kier molecular flexibility index (Phi) is 9.71. The molecular formula is C31H31FN8O4S. The van der Waals surface area contributed by atoms with Crippen molar-refractivity contribution in [1.82, 2.24) is 30.5 Å². The predicted molar refractivity (Wildman–Crippen MR) is 166 cm³/mol. The molecule has 1 atom stereocenters. The zero-order valence-electron chi connectivity index (χ0n) is 24.1. The lowest BCUT2D eigenvalue weighted by Crippen LogP contribution is -2.55. The smallest absolute Gasteiger partial charge is 0.333 e. The summed E-state index contributed by atoms with van der Waals surface area (Å²) in [7, 11) is 0. The predicted octanol–water partition coefficient (Wildman–Crippen LogP) is 2.75. The van der Waals surface area contributed by atoms with Crippen LogP contribution < -0.4 is 16.4 Å².